The van der Waals surface area contributed by atoms with E-state index in [-0.39, 0.29) is 31.4 Å². The number of esters is 2. The largest absolute Gasteiger partial charge is 2.00 e. The van der Waals surface area contributed by atoms with Gasteiger partial charge in [-0.2, -0.15) is 0 Å². The van der Waals surface area contributed by atoms with Crippen molar-refractivity contribution in [1.29, 1.82) is 0 Å². The van der Waals surface area contributed by atoms with Gasteiger partial charge in [-0.15, -0.1) is 27.6 Å². The molecule has 53 heavy (non-hydrogen) atoms. The molecule has 258 valence electrons. The summed E-state index contributed by atoms with van der Waals surface area (Å²) >= 11 is 0. The summed E-state index contributed by atoms with van der Waals surface area (Å²) in [5.74, 6) is 2.74. The van der Waals surface area contributed by atoms with E-state index in [1.54, 1.807) is 38.1 Å². The van der Waals surface area contributed by atoms with Gasteiger partial charge in [-0.25, -0.2) is 19.6 Å². The summed E-state index contributed by atoms with van der Waals surface area (Å²) in [6.45, 7) is 10.8. The molecule has 8 nitrogen and oxygen atoms in total. The average Bonchev–Trinajstić information content (AvgIpc) is 3.96. The summed E-state index contributed by atoms with van der Waals surface area (Å²) in [5.41, 5.74) is 14.3. The average molecular weight is 766 g/mol. The number of benzene rings is 2. The van der Waals surface area contributed by atoms with Crippen molar-refractivity contribution in [1.82, 2.24) is 19.9 Å². The van der Waals surface area contributed by atoms with Crippen molar-refractivity contribution in [3.63, 3.8) is 0 Å². The van der Waals surface area contributed by atoms with E-state index in [1.165, 1.54) is 0 Å². The van der Waals surface area contributed by atoms with E-state index >= 15 is 0 Å². The number of carbonyl (C=O) groups excluding carboxylic acids is 2. The van der Waals surface area contributed by atoms with Crippen molar-refractivity contribution < 1.29 is 38.5 Å². The van der Waals surface area contributed by atoms with E-state index in [2.05, 4.69) is 31.1 Å². The Morgan fingerprint density at radius 1 is 0.642 bits per heavy atom. The molecular weight excluding hydrogens is 730 g/mol. The number of aromatic nitrogens is 4. The number of fused-ring (bicyclic) bond motifs is 8. The van der Waals surface area contributed by atoms with Crippen LogP contribution in [0.2, 0.25) is 19.6 Å². The third-order valence-electron chi connectivity index (χ3n) is 8.37. The van der Waals surface area contributed by atoms with Crippen LogP contribution in [0, 0.1) is 11.5 Å². The normalized spacial score (nSPS) is 11.7. The third-order valence-corrected chi connectivity index (χ3v) is 9.24. The molecule has 0 aliphatic carbocycles. The Kier molecular flexibility index (Phi) is 10.9. The van der Waals surface area contributed by atoms with E-state index in [0.717, 1.165) is 61.4 Å². The van der Waals surface area contributed by atoms with Crippen molar-refractivity contribution in [2.75, 3.05) is 13.2 Å². The van der Waals surface area contributed by atoms with Crippen LogP contribution in [0.3, 0.4) is 0 Å². The summed E-state index contributed by atoms with van der Waals surface area (Å²) in [5, 5.41) is 0. The second-order valence-electron chi connectivity index (χ2n) is 13.3. The zero-order valence-corrected chi connectivity index (χ0v) is 34.3. The molecule has 2 aliphatic heterocycles. The summed E-state index contributed by atoms with van der Waals surface area (Å²) < 4.78 is 10.4. The molecule has 2 aliphatic rings. The molecule has 7 rings (SSSR count). The molecule has 5 aromatic rings. The Bertz CT molecular complexity index is 2450. The summed E-state index contributed by atoms with van der Waals surface area (Å²) in [7, 11) is -1.80. The molecule has 3 aromatic heterocycles. The number of hydrogen-bond acceptors (Lipinski definition) is 6. The van der Waals surface area contributed by atoms with Crippen molar-refractivity contribution in [3.05, 3.63) is 118 Å². The van der Waals surface area contributed by atoms with Crippen LogP contribution in [0.5, 0.6) is 0 Å². The van der Waals surface area contributed by atoms with Crippen LogP contribution in [-0.4, -0.2) is 43.2 Å². The molecule has 10 heteroatoms. The molecule has 8 bridgehead atoms. The fourth-order valence-corrected chi connectivity index (χ4v) is 6.47. The Balaban J connectivity index is 0.00000481. The van der Waals surface area contributed by atoms with Crippen LogP contribution in [0.1, 0.15) is 62.9 Å². The number of nitrogens with zero attached hydrogens (tertiary/aromatic N) is 4. The van der Waals surface area contributed by atoms with Crippen LogP contribution in [-0.2, 0) is 29.0 Å². The van der Waals surface area contributed by atoms with Gasteiger partial charge in [0.05, 0.1) is 47.1 Å². The maximum atomic E-state index is 12.4. The van der Waals surface area contributed by atoms with Crippen LogP contribution in [0.15, 0.2) is 78.9 Å². The minimum absolute atomic E-state index is 0. The molecular formula is C43H36N4O4SiZn. The molecule has 0 N–H and O–H groups in total. The molecule has 0 spiro atoms. The van der Waals surface area contributed by atoms with Gasteiger partial charge < -0.3 is 19.4 Å². The SMILES string of the molecule is CCOC(=O)c1ccc(-c2c3nc(c(C#C[Si](C)(C)C)c4ccc([n-]4)c(-c4ccc(C(=O)OCC)cc4)c4nc(cc5ccc2[n-]5)C=C4)C=C3)cc1.[Zn+2]. The first-order valence-electron chi connectivity index (χ1n) is 17.2. The van der Waals surface area contributed by atoms with E-state index in [9.17, 15) is 9.59 Å². The number of ether oxygens (including phenoxy) is 2. The second-order valence-corrected chi connectivity index (χ2v) is 18.1. The Labute approximate surface area is 322 Å². The van der Waals surface area contributed by atoms with Gasteiger partial charge in [0.2, 0.25) is 0 Å². The van der Waals surface area contributed by atoms with Gasteiger partial charge in [-0.1, -0.05) is 80.2 Å². The molecule has 0 atom stereocenters. The van der Waals surface area contributed by atoms with Crippen LogP contribution >= 0.6 is 0 Å². The molecule has 5 heterocycles. The smallest absolute Gasteiger partial charge is 0.657 e. The monoisotopic (exact) mass is 764 g/mol. The van der Waals surface area contributed by atoms with E-state index in [0.29, 0.717) is 35.6 Å². The first-order valence-corrected chi connectivity index (χ1v) is 20.7. The first kappa shape index (κ1) is 37.1. The van der Waals surface area contributed by atoms with Gasteiger partial charge in [0, 0.05) is 5.56 Å². The summed E-state index contributed by atoms with van der Waals surface area (Å²) in [6.07, 6.45) is 7.88. The predicted octanol–water partition coefficient (Wildman–Crippen LogP) is 8.83. The van der Waals surface area contributed by atoms with Gasteiger partial charge in [-0.05, 0) is 84.7 Å². The van der Waals surface area contributed by atoms with Crippen molar-refractivity contribution in [2.24, 2.45) is 0 Å². The minimum Gasteiger partial charge on any atom is -0.657 e. The molecule has 0 saturated heterocycles. The summed E-state index contributed by atoms with van der Waals surface area (Å²) in [6, 6.07) is 24.5. The van der Waals surface area contributed by atoms with Gasteiger partial charge in [0.25, 0.3) is 0 Å². The zero-order valence-electron chi connectivity index (χ0n) is 30.4. The second kappa shape index (κ2) is 15.5. The van der Waals surface area contributed by atoms with Gasteiger partial charge in [0.1, 0.15) is 8.07 Å². The maximum Gasteiger partial charge on any atom is 2.00 e. The van der Waals surface area contributed by atoms with E-state index in [4.69, 9.17) is 29.4 Å². The molecule has 0 radical (unpaired) electrons. The van der Waals surface area contributed by atoms with Crippen molar-refractivity contribution in [2.45, 2.75) is 33.5 Å². The van der Waals surface area contributed by atoms with Crippen molar-refractivity contribution in [3.8, 4) is 33.7 Å². The fraction of sp³-hybridized carbons (Fsp3) is 0.163. The van der Waals surface area contributed by atoms with E-state index < -0.39 is 8.07 Å². The molecule has 0 unspecified atom stereocenters. The molecule has 2 aromatic carbocycles. The predicted molar refractivity (Wildman–Crippen MR) is 210 cm³/mol. The topological polar surface area (TPSA) is 107 Å². The molecule has 0 saturated carbocycles. The third kappa shape index (κ3) is 8.07. The minimum atomic E-state index is -1.80. The zero-order chi connectivity index (χ0) is 36.4. The van der Waals surface area contributed by atoms with Gasteiger partial charge in [-0.3, -0.25) is 0 Å². The Morgan fingerprint density at radius 3 is 1.74 bits per heavy atom. The fourth-order valence-electron chi connectivity index (χ4n) is 5.97. The van der Waals surface area contributed by atoms with Gasteiger partial charge >= 0.3 is 31.4 Å². The number of hydrogen-bond donors (Lipinski definition) is 0. The first-order chi connectivity index (χ1) is 25.1. The quantitative estimate of drug-likeness (QED) is 0.0940. The van der Waals surface area contributed by atoms with E-state index in [1.807, 2.05) is 78.9 Å². The number of rotatable bonds is 6. The molecule has 0 fully saturated rings. The Hall–Kier alpha value is -5.62. The molecule has 0 amide bonds. The Morgan fingerprint density at radius 2 is 1.15 bits per heavy atom. The maximum absolute atomic E-state index is 12.4. The van der Waals surface area contributed by atoms with Crippen LogP contribution in [0.4, 0.5) is 0 Å². The summed E-state index contributed by atoms with van der Waals surface area (Å²) in [4.78, 5) is 45.2. The van der Waals surface area contributed by atoms with Crippen LogP contribution in [0.25, 0.3) is 68.6 Å². The standard InChI is InChI=1S/C43H37N4O4Si.Zn/c1-6-50-42(48)29-12-8-27(9-13-29)40-36-18-16-31(44-36)26-32-17-19-37(45-32)41(28-10-14-30(15-11-28)43(49)51-7-2)39-23-21-35(47-39)33(24-25-52(3,4)5)34-20-22-38(40)46-34;/h8-23,26H,6-7H2,1-5H3,(H-,44,45,46,47,48,49);/q-1;+2/p-1. The number of carbonyl (C=O) groups is 2. The van der Waals surface area contributed by atoms with Gasteiger partial charge in [0.15, 0.2) is 0 Å². The van der Waals surface area contributed by atoms with Crippen molar-refractivity contribution >= 4 is 66.4 Å². The van der Waals surface area contributed by atoms with Crippen LogP contribution < -0.4 is 9.97 Å².